The summed E-state index contributed by atoms with van der Waals surface area (Å²) in [6.07, 6.45) is 4.64. The molecule has 0 spiro atoms. The highest BCUT2D eigenvalue weighted by Crippen LogP contribution is 2.43. The van der Waals surface area contributed by atoms with Gasteiger partial charge in [0.25, 0.3) is 5.56 Å². The van der Waals surface area contributed by atoms with Crippen molar-refractivity contribution >= 4 is 34.0 Å². The standard InChI is InChI=1S/C38H37N5O2/c1-24(25-9-5-4-6-10-25)32-21-29-23-40-37(41-30-15-13-26(14-16-30)27-17-19-39-20-18-27)42-35(29)43(36(32)45)34-33(44)31-12-8-7-11-28(31)22-38(34,2)3/h4-16,21,23,27,34,39H,1,17-20,22H2,2-3H3,(H,40,41,42). The molecule has 7 rings (SSSR count). The topological polar surface area (TPSA) is 88.9 Å². The first-order valence-corrected chi connectivity index (χ1v) is 15.7. The molecule has 7 nitrogen and oxygen atoms in total. The lowest BCUT2D eigenvalue weighted by Crippen LogP contribution is -2.44. The summed E-state index contributed by atoms with van der Waals surface area (Å²) in [4.78, 5) is 38.4. The number of nitrogens with zero attached hydrogens (tertiary/aromatic N) is 3. The van der Waals surface area contributed by atoms with Crippen molar-refractivity contribution in [2.75, 3.05) is 18.4 Å². The zero-order valence-corrected chi connectivity index (χ0v) is 25.7. The molecule has 1 fully saturated rings. The summed E-state index contributed by atoms with van der Waals surface area (Å²) in [5.74, 6) is 0.837. The zero-order chi connectivity index (χ0) is 31.1. The van der Waals surface area contributed by atoms with E-state index in [1.807, 2.05) is 68.4 Å². The van der Waals surface area contributed by atoms with Gasteiger partial charge in [0.1, 0.15) is 11.7 Å². The number of benzene rings is 3. The fourth-order valence-corrected chi connectivity index (χ4v) is 7.03. The van der Waals surface area contributed by atoms with Gasteiger partial charge in [-0.15, -0.1) is 0 Å². The molecule has 5 aromatic rings. The molecule has 2 aliphatic rings. The molecule has 0 amide bonds. The van der Waals surface area contributed by atoms with E-state index in [0.29, 0.717) is 46.0 Å². The molecule has 7 heteroatoms. The van der Waals surface area contributed by atoms with Crippen LogP contribution >= 0.6 is 0 Å². The van der Waals surface area contributed by atoms with Gasteiger partial charge in [-0.1, -0.05) is 87.2 Å². The zero-order valence-electron chi connectivity index (χ0n) is 25.7. The molecule has 1 saturated heterocycles. The van der Waals surface area contributed by atoms with Crippen LogP contribution in [0.5, 0.6) is 0 Å². The molecule has 1 aliphatic heterocycles. The smallest absolute Gasteiger partial charge is 0.260 e. The molecule has 2 N–H and O–H groups in total. The molecule has 226 valence electrons. The Morgan fingerprint density at radius 3 is 2.42 bits per heavy atom. The van der Waals surface area contributed by atoms with Gasteiger partial charge >= 0.3 is 0 Å². The van der Waals surface area contributed by atoms with E-state index in [1.54, 1.807) is 16.8 Å². The number of ketones is 1. The van der Waals surface area contributed by atoms with Gasteiger partial charge in [-0.3, -0.25) is 14.2 Å². The van der Waals surface area contributed by atoms with Crippen LogP contribution in [0.1, 0.15) is 71.3 Å². The first-order chi connectivity index (χ1) is 21.8. The van der Waals surface area contributed by atoms with E-state index in [9.17, 15) is 9.59 Å². The molecule has 1 aliphatic carbocycles. The number of carbonyl (C=O) groups excluding carboxylic acids is 1. The second kappa shape index (κ2) is 11.6. The minimum atomic E-state index is -0.766. The Bertz CT molecular complexity index is 1970. The molecule has 1 atom stereocenters. The minimum Gasteiger partial charge on any atom is -0.324 e. The van der Waals surface area contributed by atoms with Crippen LogP contribution in [0.2, 0.25) is 0 Å². The van der Waals surface area contributed by atoms with Crippen molar-refractivity contribution in [3.63, 3.8) is 0 Å². The molecule has 1 unspecified atom stereocenters. The van der Waals surface area contributed by atoms with Crippen LogP contribution in [-0.2, 0) is 6.42 Å². The molecule has 3 aromatic carbocycles. The first-order valence-electron chi connectivity index (χ1n) is 15.7. The van der Waals surface area contributed by atoms with Crippen LogP contribution in [0, 0.1) is 5.41 Å². The van der Waals surface area contributed by atoms with Crippen LogP contribution < -0.4 is 16.2 Å². The van der Waals surface area contributed by atoms with Crippen molar-refractivity contribution in [3.05, 3.63) is 136 Å². The maximum absolute atomic E-state index is 14.6. The molecule has 0 radical (unpaired) electrons. The average Bonchev–Trinajstić information content (AvgIpc) is 3.06. The lowest BCUT2D eigenvalue weighted by Gasteiger charge is -2.39. The summed E-state index contributed by atoms with van der Waals surface area (Å²) in [6, 6.07) is 26.8. The van der Waals surface area contributed by atoms with Gasteiger partial charge in [-0.05, 0) is 84.1 Å². The number of hydrogen-bond acceptors (Lipinski definition) is 6. The van der Waals surface area contributed by atoms with Crippen molar-refractivity contribution in [1.29, 1.82) is 0 Å². The van der Waals surface area contributed by atoms with Crippen molar-refractivity contribution in [3.8, 4) is 0 Å². The molecule has 0 bridgehead atoms. The molecule has 45 heavy (non-hydrogen) atoms. The summed E-state index contributed by atoms with van der Waals surface area (Å²) in [5, 5.41) is 7.42. The molecular formula is C38H37N5O2. The van der Waals surface area contributed by atoms with E-state index in [-0.39, 0.29) is 11.3 Å². The number of hydrogen-bond donors (Lipinski definition) is 2. The second-order valence-corrected chi connectivity index (χ2v) is 12.9. The first kappa shape index (κ1) is 28.9. The summed E-state index contributed by atoms with van der Waals surface area (Å²) in [7, 11) is 0. The number of piperidine rings is 1. The Kier molecular flexibility index (Phi) is 7.42. The lowest BCUT2D eigenvalue weighted by atomic mass is 9.69. The van der Waals surface area contributed by atoms with Gasteiger partial charge < -0.3 is 10.6 Å². The van der Waals surface area contributed by atoms with E-state index < -0.39 is 11.5 Å². The Labute approximate surface area is 263 Å². The van der Waals surface area contributed by atoms with Crippen LogP contribution in [0.4, 0.5) is 11.6 Å². The fraction of sp³-hybridized carbons (Fsp3) is 0.263. The van der Waals surface area contributed by atoms with E-state index in [4.69, 9.17) is 4.98 Å². The Balaban J connectivity index is 1.34. The van der Waals surface area contributed by atoms with Crippen molar-refractivity contribution in [1.82, 2.24) is 19.9 Å². The normalized spacial score (nSPS) is 18.0. The van der Waals surface area contributed by atoms with E-state index in [1.165, 1.54) is 5.56 Å². The third-order valence-corrected chi connectivity index (χ3v) is 9.37. The number of carbonyl (C=O) groups is 1. The van der Waals surface area contributed by atoms with Crippen molar-refractivity contribution in [2.24, 2.45) is 5.41 Å². The van der Waals surface area contributed by atoms with Gasteiger partial charge in [0.2, 0.25) is 5.95 Å². The third-order valence-electron chi connectivity index (χ3n) is 9.37. The van der Waals surface area contributed by atoms with Gasteiger partial charge in [-0.25, -0.2) is 4.98 Å². The number of rotatable bonds is 6. The largest absolute Gasteiger partial charge is 0.324 e. The number of anilines is 2. The van der Waals surface area contributed by atoms with Crippen LogP contribution in [-0.4, -0.2) is 33.4 Å². The SMILES string of the molecule is C=C(c1ccccc1)c1cc2cnc(Nc3ccc(C4CCNCC4)cc3)nc2n(C2C(=O)c3ccccc3CC2(C)C)c1=O. The van der Waals surface area contributed by atoms with Crippen LogP contribution in [0.25, 0.3) is 16.6 Å². The highest BCUT2D eigenvalue weighted by molar-refractivity contribution is 6.03. The van der Waals surface area contributed by atoms with Gasteiger partial charge in [0, 0.05) is 28.4 Å². The summed E-state index contributed by atoms with van der Waals surface area (Å²) >= 11 is 0. The average molecular weight is 596 g/mol. The van der Waals surface area contributed by atoms with Crippen molar-refractivity contribution < 1.29 is 4.79 Å². The second-order valence-electron chi connectivity index (χ2n) is 12.9. The predicted octanol–water partition coefficient (Wildman–Crippen LogP) is 7.07. The van der Waals surface area contributed by atoms with E-state index >= 15 is 0 Å². The van der Waals surface area contributed by atoms with E-state index in [2.05, 4.69) is 46.5 Å². The number of nitrogens with one attached hydrogen (secondary N) is 2. The molecule has 0 saturated carbocycles. The fourth-order valence-electron chi connectivity index (χ4n) is 7.03. The summed E-state index contributed by atoms with van der Waals surface area (Å²) in [5.41, 5.74) is 5.26. The molecular weight excluding hydrogens is 558 g/mol. The van der Waals surface area contributed by atoms with Gasteiger partial charge in [-0.2, -0.15) is 4.98 Å². The highest BCUT2D eigenvalue weighted by atomic mass is 16.1. The van der Waals surface area contributed by atoms with E-state index in [0.717, 1.165) is 42.7 Å². The Hall–Kier alpha value is -4.88. The third kappa shape index (κ3) is 5.38. The highest BCUT2D eigenvalue weighted by Gasteiger charge is 2.44. The summed E-state index contributed by atoms with van der Waals surface area (Å²) < 4.78 is 1.60. The summed E-state index contributed by atoms with van der Waals surface area (Å²) in [6.45, 7) is 10.5. The Morgan fingerprint density at radius 2 is 1.67 bits per heavy atom. The quantitative estimate of drug-likeness (QED) is 0.218. The monoisotopic (exact) mass is 595 g/mol. The maximum Gasteiger partial charge on any atom is 0.260 e. The predicted molar refractivity (Wildman–Crippen MR) is 180 cm³/mol. The minimum absolute atomic E-state index is 0.0886. The van der Waals surface area contributed by atoms with Crippen LogP contribution in [0.15, 0.2) is 102 Å². The number of fused-ring (bicyclic) bond motifs is 2. The Morgan fingerprint density at radius 1 is 0.956 bits per heavy atom. The number of aromatic nitrogens is 3. The maximum atomic E-state index is 14.6. The van der Waals surface area contributed by atoms with Crippen molar-refractivity contribution in [2.45, 2.75) is 45.1 Å². The van der Waals surface area contributed by atoms with Crippen LogP contribution in [0.3, 0.4) is 0 Å². The number of pyridine rings is 1. The number of Topliss-reactive ketones (excluding diaryl/α,β-unsaturated/α-hetero) is 1. The van der Waals surface area contributed by atoms with Gasteiger partial charge in [0.15, 0.2) is 5.78 Å². The molecule has 2 aromatic heterocycles. The van der Waals surface area contributed by atoms with Gasteiger partial charge in [0.05, 0.1) is 0 Å². The molecule has 3 heterocycles. The lowest BCUT2D eigenvalue weighted by molar-refractivity contribution is 0.0780.